The maximum absolute atomic E-state index is 12.6. The van der Waals surface area contributed by atoms with Gasteiger partial charge in [0.2, 0.25) is 11.8 Å². The van der Waals surface area contributed by atoms with E-state index in [1.165, 1.54) is 0 Å². The van der Waals surface area contributed by atoms with Gasteiger partial charge in [-0.25, -0.2) is 0 Å². The molecule has 0 bridgehead atoms. The Bertz CT molecular complexity index is 860. The average molecular weight is 414 g/mol. The molecule has 0 unspecified atom stereocenters. The molecule has 0 spiro atoms. The molecule has 154 valence electrons. The van der Waals surface area contributed by atoms with Crippen molar-refractivity contribution in [2.45, 2.75) is 45.7 Å². The fraction of sp³-hybridized carbons (Fsp3) is 0.391. The summed E-state index contributed by atoms with van der Waals surface area (Å²) in [5.41, 5.74) is 3.88. The van der Waals surface area contributed by atoms with Crippen molar-refractivity contribution in [2.75, 3.05) is 18.4 Å². The van der Waals surface area contributed by atoms with Crippen molar-refractivity contribution in [3.63, 3.8) is 0 Å². The maximum atomic E-state index is 12.6. The number of aryl methyl sites for hydroxylation is 2. The monoisotopic (exact) mass is 413 g/mol. The van der Waals surface area contributed by atoms with E-state index in [0.29, 0.717) is 37.1 Å². The van der Waals surface area contributed by atoms with Crippen LogP contribution in [0.4, 0.5) is 5.69 Å². The van der Waals surface area contributed by atoms with Crippen LogP contribution in [0, 0.1) is 13.8 Å². The number of carbonyl (C=O) groups is 2. The van der Waals surface area contributed by atoms with Gasteiger partial charge in [0, 0.05) is 36.3 Å². The van der Waals surface area contributed by atoms with Crippen molar-refractivity contribution in [3.8, 4) is 0 Å². The van der Waals surface area contributed by atoms with Crippen molar-refractivity contribution in [1.82, 2.24) is 10.2 Å². The Labute approximate surface area is 177 Å². The quantitative estimate of drug-likeness (QED) is 0.651. The largest absolute Gasteiger partial charge is 0.352 e. The Kier molecular flexibility index (Phi) is 7.29. The van der Waals surface area contributed by atoms with Gasteiger partial charge in [-0.3, -0.25) is 14.5 Å². The molecule has 3 rings (SSSR count). The van der Waals surface area contributed by atoms with Crippen molar-refractivity contribution >= 4 is 29.1 Å². The second-order valence-corrected chi connectivity index (χ2v) is 8.04. The van der Waals surface area contributed by atoms with E-state index >= 15 is 0 Å². The first kappa shape index (κ1) is 21.3. The van der Waals surface area contributed by atoms with Crippen LogP contribution in [0.25, 0.3) is 0 Å². The summed E-state index contributed by atoms with van der Waals surface area (Å²) >= 11 is 6.13. The van der Waals surface area contributed by atoms with Crippen LogP contribution >= 0.6 is 11.6 Å². The highest BCUT2D eigenvalue weighted by Crippen LogP contribution is 2.27. The molecule has 2 aromatic carbocycles. The second kappa shape index (κ2) is 9.90. The molecule has 0 atom stereocenters. The summed E-state index contributed by atoms with van der Waals surface area (Å²) in [6, 6.07) is 13.8. The summed E-state index contributed by atoms with van der Waals surface area (Å²) in [4.78, 5) is 27.0. The summed E-state index contributed by atoms with van der Waals surface area (Å²) in [7, 11) is 0. The number of anilines is 1. The standard InChI is InChI=1S/C23H28ClN3O2/c1-16-6-5-7-17(2)23(16)26-22(29)15-27(19-10-11-19)13-12-21(28)25-14-18-8-3-4-9-20(18)24/h3-9,19H,10-15H2,1-2H3,(H,25,28)(H,26,29). The Morgan fingerprint density at radius 1 is 1.03 bits per heavy atom. The molecule has 1 aliphatic carbocycles. The van der Waals surface area contributed by atoms with Gasteiger partial charge >= 0.3 is 0 Å². The van der Waals surface area contributed by atoms with Gasteiger partial charge in [0.15, 0.2) is 0 Å². The van der Waals surface area contributed by atoms with Crippen LogP contribution in [0.5, 0.6) is 0 Å². The Morgan fingerprint density at radius 2 is 1.72 bits per heavy atom. The van der Waals surface area contributed by atoms with Crippen LogP contribution in [0.1, 0.15) is 36.0 Å². The zero-order valence-electron chi connectivity index (χ0n) is 17.0. The molecule has 0 radical (unpaired) electrons. The van der Waals surface area contributed by atoms with Crippen LogP contribution in [-0.4, -0.2) is 35.8 Å². The van der Waals surface area contributed by atoms with Crippen molar-refractivity contribution in [3.05, 3.63) is 64.2 Å². The summed E-state index contributed by atoms with van der Waals surface area (Å²) < 4.78 is 0. The molecule has 0 aliphatic heterocycles. The van der Waals surface area contributed by atoms with Crippen LogP contribution in [0.2, 0.25) is 5.02 Å². The van der Waals surface area contributed by atoms with Gasteiger partial charge in [-0.1, -0.05) is 48.0 Å². The molecular formula is C23H28ClN3O2. The number of halogens is 1. The van der Waals surface area contributed by atoms with Crippen molar-refractivity contribution < 1.29 is 9.59 Å². The van der Waals surface area contributed by atoms with Crippen LogP contribution in [0.3, 0.4) is 0 Å². The van der Waals surface area contributed by atoms with E-state index in [4.69, 9.17) is 11.6 Å². The highest BCUT2D eigenvalue weighted by Gasteiger charge is 2.30. The molecule has 0 saturated heterocycles. The van der Waals surface area contributed by atoms with Crippen LogP contribution in [-0.2, 0) is 16.1 Å². The molecule has 2 N–H and O–H groups in total. The lowest BCUT2D eigenvalue weighted by atomic mass is 10.1. The van der Waals surface area contributed by atoms with E-state index < -0.39 is 0 Å². The van der Waals surface area contributed by atoms with E-state index in [-0.39, 0.29) is 11.8 Å². The predicted molar refractivity (Wildman–Crippen MR) is 117 cm³/mol. The third-order valence-electron chi connectivity index (χ3n) is 5.22. The molecule has 1 saturated carbocycles. The molecule has 29 heavy (non-hydrogen) atoms. The third-order valence-corrected chi connectivity index (χ3v) is 5.58. The van der Waals surface area contributed by atoms with Gasteiger partial charge in [0.25, 0.3) is 0 Å². The molecule has 0 heterocycles. The third kappa shape index (κ3) is 6.31. The normalized spacial score (nSPS) is 13.4. The molecule has 0 aromatic heterocycles. The highest BCUT2D eigenvalue weighted by molar-refractivity contribution is 6.31. The minimum absolute atomic E-state index is 0.0363. The van der Waals surface area contributed by atoms with Gasteiger partial charge in [-0.2, -0.15) is 0 Å². The van der Waals surface area contributed by atoms with Gasteiger partial charge in [0.05, 0.1) is 6.54 Å². The lowest BCUT2D eigenvalue weighted by Crippen LogP contribution is -2.38. The number of hydrogen-bond donors (Lipinski definition) is 2. The van der Waals surface area contributed by atoms with Crippen LogP contribution < -0.4 is 10.6 Å². The zero-order chi connectivity index (χ0) is 20.8. The molecule has 5 nitrogen and oxygen atoms in total. The average Bonchev–Trinajstić information content (AvgIpc) is 3.53. The van der Waals surface area contributed by atoms with Gasteiger partial charge in [-0.05, 0) is 49.4 Å². The number of nitrogens with zero attached hydrogens (tertiary/aromatic N) is 1. The number of rotatable bonds is 9. The van der Waals surface area contributed by atoms with Crippen LogP contribution in [0.15, 0.2) is 42.5 Å². The van der Waals surface area contributed by atoms with Crippen molar-refractivity contribution in [1.29, 1.82) is 0 Å². The molecule has 1 fully saturated rings. The summed E-state index contributed by atoms with van der Waals surface area (Å²) in [6.07, 6.45) is 2.52. The van der Waals surface area contributed by atoms with Crippen molar-refractivity contribution in [2.24, 2.45) is 0 Å². The minimum atomic E-state index is -0.0364. The first-order chi connectivity index (χ1) is 13.9. The Morgan fingerprint density at radius 3 is 2.38 bits per heavy atom. The number of carbonyl (C=O) groups excluding carboxylic acids is 2. The molecule has 6 heteroatoms. The number of para-hydroxylation sites is 1. The molecule has 2 amide bonds. The first-order valence-electron chi connectivity index (χ1n) is 10.0. The second-order valence-electron chi connectivity index (χ2n) is 7.63. The number of amides is 2. The highest BCUT2D eigenvalue weighted by atomic mass is 35.5. The fourth-order valence-electron chi connectivity index (χ4n) is 3.37. The Hall–Kier alpha value is -2.37. The predicted octanol–water partition coefficient (Wildman–Crippen LogP) is 4.07. The summed E-state index contributed by atoms with van der Waals surface area (Å²) in [5, 5.41) is 6.60. The Balaban J connectivity index is 1.48. The topological polar surface area (TPSA) is 61.4 Å². The smallest absolute Gasteiger partial charge is 0.238 e. The summed E-state index contributed by atoms with van der Waals surface area (Å²) in [5.74, 6) is -0.0727. The minimum Gasteiger partial charge on any atom is -0.352 e. The number of hydrogen-bond acceptors (Lipinski definition) is 3. The lowest BCUT2D eigenvalue weighted by Gasteiger charge is -2.22. The molecule has 2 aromatic rings. The molecular weight excluding hydrogens is 386 g/mol. The SMILES string of the molecule is Cc1cccc(C)c1NC(=O)CN(CCC(=O)NCc1ccccc1Cl)C1CC1. The lowest BCUT2D eigenvalue weighted by molar-refractivity contribution is -0.122. The number of benzene rings is 2. The fourth-order valence-corrected chi connectivity index (χ4v) is 3.58. The van der Waals surface area contributed by atoms with E-state index in [1.54, 1.807) is 0 Å². The van der Waals surface area contributed by atoms with E-state index in [9.17, 15) is 9.59 Å². The van der Waals surface area contributed by atoms with Gasteiger partial charge in [0.1, 0.15) is 0 Å². The van der Waals surface area contributed by atoms with Gasteiger partial charge < -0.3 is 10.6 Å². The summed E-state index contributed by atoms with van der Waals surface area (Å²) in [6.45, 7) is 5.26. The van der Waals surface area contributed by atoms with E-state index in [0.717, 1.165) is 35.2 Å². The van der Waals surface area contributed by atoms with E-state index in [1.807, 2.05) is 56.3 Å². The number of nitrogens with one attached hydrogen (secondary N) is 2. The molecule has 1 aliphatic rings. The first-order valence-corrected chi connectivity index (χ1v) is 10.4. The van der Waals surface area contributed by atoms with Gasteiger partial charge in [-0.15, -0.1) is 0 Å². The zero-order valence-corrected chi connectivity index (χ0v) is 17.8. The van der Waals surface area contributed by atoms with E-state index in [2.05, 4.69) is 15.5 Å². The maximum Gasteiger partial charge on any atom is 0.238 e.